The first kappa shape index (κ1) is 20.8. The lowest BCUT2D eigenvalue weighted by Crippen LogP contribution is -2.19. The summed E-state index contributed by atoms with van der Waals surface area (Å²) in [5, 5.41) is 8.45. The minimum absolute atomic E-state index is 0.0618. The lowest BCUT2D eigenvalue weighted by Gasteiger charge is -2.18. The van der Waals surface area contributed by atoms with Crippen molar-refractivity contribution in [3.8, 4) is 5.75 Å². The molecule has 0 aliphatic rings. The Hall–Kier alpha value is -2.49. The van der Waals surface area contributed by atoms with Crippen molar-refractivity contribution in [2.75, 3.05) is 13.2 Å². The monoisotopic (exact) mass is 385 g/mol. The third-order valence-electron chi connectivity index (χ3n) is 4.30. The summed E-state index contributed by atoms with van der Waals surface area (Å²) in [6, 6.07) is 15.1. The van der Waals surface area contributed by atoms with Crippen LogP contribution in [-0.2, 0) is 11.2 Å². The SMILES string of the molecule is CC[C@H](C)[C@@H](Cl)COc1ccc(N=Nc2ccccc2)cc1CCN=C=O. The van der Waals surface area contributed by atoms with Crippen LogP contribution in [0.3, 0.4) is 0 Å². The number of nitrogens with zero attached hydrogens (tertiary/aromatic N) is 3. The lowest BCUT2D eigenvalue weighted by molar-refractivity contribution is 0.284. The number of rotatable bonds is 10. The van der Waals surface area contributed by atoms with E-state index in [9.17, 15) is 4.79 Å². The van der Waals surface area contributed by atoms with Gasteiger partial charge in [-0.1, -0.05) is 38.5 Å². The molecule has 5 nitrogen and oxygen atoms in total. The van der Waals surface area contributed by atoms with Gasteiger partial charge in [-0.3, -0.25) is 0 Å². The highest BCUT2D eigenvalue weighted by Crippen LogP contribution is 2.27. The molecule has 0 radical (unpaired) electrons. The van der Waals surface area contributed by atoms with Crippen molar-refractivity contribution >= 4 is 29.1 Å². The summed E-state index contributed by atoms with van der Waals surface area (Å²) in [5.74, 6) is 1.09. The summed E-state index contributed by atoms with van der Waals surface area (Å²) in [6.45, 7) is 4.98. The molecule has 2 aromatic carbocycles. The van der Waals surface area contributed by atoms with Gasteiger partial charge in [0.1, 0.15) is 12.4 Å². The molecule has 0 spiro atoms. The minimum Gasteiger partial charge on any atom is -0.492 e. The number of aliphatic imine (C=N–C) groups is 1. The predicted molar refractivity (Wildman–Crippen MR) is 108 cm³/mol. The number of carbonyl (C=O) groups excluding carboxylic acids is 1. The van der Waals surface area contributed by atoms with Gasteiger partial charge in [0, 0.05) is 0 Å². The first-order valence-corrected chi connectivity index (χ1v) is 9.48. The van der Waals surface area contributed by atoms with Crippen molar-refractivity contribution in [2.24, 2.45) is 21.1 Å². The van der Waals surface area contributed by atoms with Crippen LogP contribution in [0.15, 0.2) is 63.8 Å². The maximum atomic E-state index is 10.4. The molecule has 0 aliphatic heterocycles. The summed E-state index contributed by atoms with van der Waals surface area (Å²) in [7, 11) is 0. The van der Waals surface area contributed by atoms with Crippen LogP contribution >= 0.6 is 11.6 Å². The van der Waals surface area contributed by atoms with E-state index < -0.39 is 0 Å². The predicted octanol–water partition coefficient (Wildman–Crippen LogP) is 6.01. The molecule has 0 N–H and O–H groups in total. The van der Waals surface area contributed by atoms with E-state index in [2.05, 4.69) is 29.1 Å². The van der Waals surface area contributed by atoms with Crippen LogP contribution in [0, 0.1) is 5.92 Å². The van der Waals surface area contributed by atoms with Crippen molar-refractivity contribution in [1.82, 2.24) is 0 Å². The quantitative estimate of drug-likeness (QED) is 0.217. The molecule has 0 saturated heterocycles. The molecule has 0 bridgehead atoms. The molecule has 27 heavy (non-hydrogen) atoms. The normalized spacial score (nSPS) is 13.1. The van der Waals surface area contributed by atoms with Crippen molar-refractivity contribution in [1.29, 1.82) is 0 Å². The maximum absolute atomic E-state index is 10.4. The second-order valence-corrected chi connectivity index (χ2v) is 6.82. The molecule has 0 fully saturated rings. The number of hydrogen-bond acceptors (Lipinski definition) is 5. The number of alkyl halides is 1. The first-order valence-electron chi connectivity index (χ1n) is 9.04. The Morgan fingerprint density at radius 1 is 1.11 bits per heavy atom. The summed E-state index contributed by atoms with van der Waals surface area (Å²) in [6.07, 6.45) is 3.11. The molecule has 142 valence electrons. The third-order valence-corrected chi connectivity index (χ3v) is 4.85. The molecule has 0 aromatic heterocycles. The Balaban J connectivity index is 2.15. The summed E-state index contributed by atoms with van der Waals surface area (Å²) in [5.41, 5.74) is 2.40. The van der Waals surface area contributed by atoms with Gasteiger partial charge in [-0.15, -0.1) is 11.6 Å². The van der Waals surface area contributed by atoms with Crippen LogP contribution in [0.4, 0.5) is 11.4 Å². The fraction of sp³-hybridized carbons (Fsp3) is 0.381. The zero-order valence-corrected chi connectivity index (χ0v) is 16.4. The van der Waals surface area contributed by atoms with Gasteiger partial charge in [0.15, 0.2) is 0 Å². The Morgan fingerprint density at radius 2 is 1.85 bits per heavy atom. The highest BCUT2D eigenvalue weighted by atomic mass is 35.5. The van der Waals surface area contributed by atoms with E-state index in [4.69, 9.17) is 16.3 Å². The smallest absolute Gasteiger partial charge is 0.234 e. The van der Waals surface area contributed by atoms with E-state index in [1.54, 1.807) is 6.08 Å². The zero-order valence-electron chi connectivity index (χ0n) is 15.6. The molecular weight excluding hydrogens is 362 g/mol. The second kappa shape index (κ2) is 11.3. The Bertz CT molecular complexity index is 789. The van der Waals surface area contributed by atoms with Crippen LogP contribution in [0.1, 0.15) is 25.8 Å². The number of azo groups is 1. The van der Waals surface area contributed by atoms with Gasteiger partial charge in [0.05, 0.1) is 23.3 Å². The van der Waals surface area contributed by atoms with Crippen LogP contribution in [0.25, 0.3) is 0 Å². The average Bonchev–Trinajstić information content (AvgIpc) is 2.71. The molecule has 2 rings (SSSR count). The minimum atomic E-state index is -0.0618. The van der Waals surface area contributed by atoms with Crippen molar-refractivity contribution in [3.05, 3.63) is 54.1 Å². The molecule has 0 aliphatic carbocycles. The topological polar surface area (TPSA) is 63.4 Å². The Morgan fingerprint density at radius 3 is 2.56 bits per heavy atom. The molecule has 6 heteroatoms. The van der Waals surface area contributed by atoms with E-state index in [1.807, 2.05) is 48.5 Å². The number of halogens is 1. The number of ether oxygens (including phenoxy) is 1. The number of benzene rings is 2. The first-order chi connectivity index (χ1) is 13.1. The van der Waals surface area contributed by atoms with Crippen LogP contribution in [-0.4, -0.2) is 24.6 Å². The fourth-order valence-electron chi connectivity index (χ4n) is 2.39. The van der Waals surface area contributed by atoms with E-state index in [0.717, 1.165) is 23.4 Å². The highest BCUT2D eigenvalue weighted by Gasteiger charge is 2.14. The Labute approximate surface area is 165 Å². The molecule has 0 amide bonds. The van der Waals surface area contributed by atoms with E-state index >= 15 is 0 Å². The number of isocyanates is 1. The van der Waals surface area contributed by atoms with Gasteiger partial charge in [-0.05, 0) is 48.2 Å². The molecule has 2 atom stereocenters. The van der Waals surface area contributed by atoms with Gasteiger partial charge in [-0.2, -0.15) is 10.2 Å². The molecule has 0 saturated carbocycles. The molecule has 0 heterocycles. The van der Waals surface area contributed by atoms with Gasteiger partial charge in [-0.25, -0.2) is 9.79 Å². The summed E-state index contributed by atoms with van der Waals surface area (Å²) < 4.78 is 5.93. The molecule has 0 unspecified atom stereocenters. The van der Waals surface area contributed by atoms with Crippen LogP contribution in [0.5, 0.6) is 5.75 Å². The fourth-order valence-corrected chi connectivity index (χ4v) is 2.63. The van der Waals surface area contributed by atoms with E-state index in [-0.39, 0.29) is 5.38 Å². The summed E-state index contributed by atoms with van der Waals surface area (Å²) >= 11 is 6.38. The zero-order chi connectivity index (χ0) is 19.5. The number of hydrogen-bond donors (Lipinski definition) is 0. The Kier molecular flexibility index (Phi) is 8.69. The van der Waals surface area contributed by atoms with Gasteiger partial charge in [0.2, 0.25) is 6.08 Å². The third kappa shape index (κ3) is 6.97. The van der Waals surface area contributed by atoms with Crippen molar-refractivity contribution in [3.63, 3.8) is 0 Å². The van der Waals surface area contributed by atoms with Crippen LogP contribution in [0.2, 0.25) is 0 Å². The summed E-state index contributed by atoms with van der Waals surface area (Å²) in [4.78, 5) is 14.0. The standard InChI is InChI=1S/C21H24ClN3O2/c1-3-16(2)20(22)14-27-21-10-9-19(13-17(21)11-12-23-15-26)25-24-18-7-5-4-6-8-18/h4-10,13,16,20H,3,11-12,14H2,1-2H3/t16-,20-/m0/s1. The van der Waals surface area contributed by atoms with Gasteiger partial charge >= 0.3 is 0 Å². The second-order valence-electron chi connectivity index (χ2n) is 6.26. The van der Waals surface area contributed by atoms with Gasteiger partial charge in [0.25, 0.3) is 0 Å². The van der Waals surface area contributed by atoms with E-state index in [1.165, 1.54) is 0 Å². The van der Waals surface area contributed by atoms with Crippen LogP contribution < -0.4 is 4.74 Å². The van der Waals surface area contributed by atoms with E-state index in [0.29, 0.717) is 31.2 Å². The molecule has 2 aromatic rings. The molecular formula is C21H24ClN3O2. The van der Waals surface area contributed by atoms with Crippen molar-refractivity contribution < 1.29 is 9.53 Å². The van der Waals surface area contributed by atoms with Gasteiger partial charge < -0.3 is 4.74 Å². The maximum Gasteiger partial charge on any atom is 0.234 e. The highest BCUT2D eigenvalue weighted by molar-refractivity contribution is 6.20. The largest absolute Gasteiger partial charge is 0.492 e. The van der Waals surface area contributed by atoms with Crippen molar-refractivity contribution in [2.45, 2.75) is 32.1 Å². The lowest BCUT2D eigenvalue weighted by atomic mass is 10.1. The average molecular weight is 386 g/mol.